The molecule has 0 spiro atoms. The SMILES string of the molecule is Cc1ccc(C(=O)CC(S(=O)(=O)c2ccccc2)S(=O)(=O)c2ccccc2)cc1. The molecular formula is C22H20O5S2. The van der Waals surface area contributed by atoms with Gasteiger partial charge in [0.15, 0.2) is 30.0 Å². The van der Waals surface area contributed by atoms with Crippen molar-refractivity contribution in [3.63, 3.8) is 0 Å². The van der Waals surface area contributed by atoms with E-state index in [9.17, 15) is 21.6 Å². The fourth-order valence-electron chi connectivity index (χ4n) is 2.92. The van der Waals surface area contributed by atoms with Crippen LogP contribution < -0.4 is 0 Å². The van der Waals surface area contributed by atoms with Crippen molar-refractivity contribution < 1.29 is 21.6 Å². The maximum atomic E-state index is 13.2. The minimum absolute atomic E-state index is 0.138. The molecule has 0 atom stereocenters. The number of carbonyl (C=O) groups excluding carboxylic acids is 1. The second-order valence-electron chi connectivity index (χ2n) is 6.64. The van der Waals surface area contributed by atoms with Crippen LogP contribution in [0.15, 0.2) is 94.7 Å². The quantitative estimate of drug-likeness (QED) is 0.534. The Balaban J connectivity index is 2.09. The summed E-state index contributed by atoms with van der Waals surface area (Å²) in [4.78, 5) is 12.5. The van der Waals surface area contributed by atoms with E-state index < -0.39 is 36.5 Å². The molecule has 0 saturated carbocycles. The molecule has 7 heteroatoms. The van der Waals surface area contributed by atoms with E-state index in [2.05, 4.69) is 0 Å². The Morgan fingerprint density at radius 3 is 1.52 bits per heavy atom. The molecule has 0 unspecified atom stereocenters. The Kier molecular flexibility index (Phi) is 6.00. The van der Waals surface area contributed by atoms with Crippen LogP contribution in [-0.4, -0.2) is 27.2 Å². The number of rotatable bonds is 7. The Bertz CT molecular complexity index is 1130. The van der Waals surface area contributed by atoms with Gasteiger partial charge >= 0.3 is 0 Å². The largest absolute Gasteiger partial charge is 0.294 e. The zero-order valence-corrected chi connectivity index (χ0v) is 17.4. The lowest BCUT2D eigenvalue weighted by atomic mass is 10.1. The van der Waals surface area contributed by atoms with Crippen LogP contribution in [0.3, 0.4) is 0 Å². The highest BCUT2D eigenvalue weighted by molar-refractivity contribution is 8.09. The molecule has 29 heavy (non-hydrogen) atoms. The van der Waals surface area contributed by atoms with E-state index in [1.54, 1.807) is 36.4 Å². The van der Waals surface area contributed by atoms with Gasteiger partial charge in [-0.15, -0.1) is 0 Å². The van der Waals surface area contributed by atoms with Crippen LogP contribution in [0.5, 0.6) is 0 Å². The van der Waals surface area contributed by atoms with E-state index in [4.69, 9.17) is 0 Å². The molecule has 0 radical (unpaired) electrons. The number of sulfone groups is 2. The van der Waals surface area contributed by atoms with Crippen LogP contribution in [-0.2, 0) is 19.7 Å². The zero-order chi connectivity index (χ0) is 21.1. The van der Waals surface area contributed by atoms with Crippen LogP contribution in [0.25, 0.3) is 0 Å². The van der Waals surface area contributed by atoms with Crippen LogP contribution >= 0.6 is 0 Å². The van der Waals surface area contributed by atoms with Gasteiger partial charge in [-0.05, 0) is 31.2 Å². The Morgan fingerprint density at radius 1 is 0.690 bits per heavy atom. The molecule has 0 aliphatic carbocycles. The van der Waals surface area contributed by atoms with E-state index in [0.717, 1.165) is 5.56 Å². The standard InChI is InChI=1S/C22H20O5S2/c1-17-12-14-18(15-13-17)21(23)16-22(28(24,25)19-8-4-2-5-9-19)29(26,27)20-10-6-3-7-11-20/h2-15,22H,16H2,1H3. The van der Waals surface area contributed by atoms with E-state index in [0.29, 0.717) is 0 Å². The monoisotopic (exact) mass is 428 g/mol. The predicted octanol–water partition coefficient (Wildman–Crippen LogP) is 3.84. The number of carbonyl (C=O) groups is 1. The highest BCUT2D eigenvalue weighted by Crippen LogP contribution is 2.29. The average Bonchev–Trinajstić information content (AvgIpc) is 2.73. The summed E-state index contributed by atoms with van der Waals surface area (Å²) in [7, 11) is -8.65. The number of hydrogen-bond acceptors (Lipinski definition) is 5. The number of aryl methyl sites for hydroxylation is 1. The smallest absolute Gasteiger partial charge is 0.196 e. The summed E-state index contributed by atoms with van der Waals surface area (Å²) in [5.41, 5.74) is 1.21. The number of hydrogen-bond donors (Lipinski definition) is 0. The third kappa shape index (κ3) is 4.46. The molecule has 0 aliphatic heterocycles. The molecule has 0 aliphatic rings. The fraction of sp³-hybridized carbons (Fsp3) is 0.136. The number of ketones is 1. The molecule has 0 N–H and O–H groups in total. The second kappa shape index (κ2) is 8.31. The van der Waals surface area contributed by atoms with Crippen LogP contribution in [0.2, 0.25) is 0 Å². The zero-order valence-electron chi connectivity index (χ0n) is 15.7. The third-order valence-electron chi connectivity index (χ3n) is 4.56. The number of benzene rings is 3. The maximum absolute atomic E-state index is 13.2. The first-order valence-corrected chi connectivity index (χ1v) is 12.0. The van der Waals surface area contributed by atoms with Gasteiger partial charge in [0.2, 0.25) is 0 Å². The van der Waals surface area contributed by atoms with Crippen LogP contribution in [0, 0.1) is 6.92 Å². The maximum Gasteiger partial charge on any atom is 0.196 e. The lowest BCUT2D eigenvalue weighted by Crippen LogP contribution is -2.33. The second-order valence-corrected chi connectivity index (χ2v) is 11.2. The van der Waals surface area contributed by atoms with Gasteiger partial charge in [0, 0.05) is 12.0 Å². The van der Waals surface area contributed by atoms with Crippen molar-refractivity contribution in [3.05, 3.63) is 96.1 Å². The summed E-state index contributed by atoms with van der Waals surface area (Å²) in [6.07, 6.45) is -0.669. The summed E-state index contributed by atoms with van der Waals surface area (Å²) in [6, 6.07) is 21.2. The fourth-order valence-corrected chi connectivity index (χ4v) is 7.34. The molecule has 0 bridgehead atoms. The van der Waals surface area contributed by atoms with Crippen molar-refractivity contribution >= 4 is 25.5 Å². The first kappa shape index (κ1) is 21.0. The highest BCUT2D eigenvalue weighted by atomic mass is 32.3. The van der Waals surface area contributed by atoms with Crippen molar-refractivity contribution in [2.75, 3.05) is 0 Å². The van der Waals surface area contributed by atoms with Crippen molar-refractivity contribution in [2.45, 2.75) is 27.7 Å². The van der Waals surface area contributed by atoms with Gasteiger partial charge in [-0.2, -0.15) is 0 Å². The van der Waals surface area contributed by atoms with Gasteiger partial charge in [0.05, 0.1) is 9.79 Å². The first-order valence-electron chi connectivity index (χ1n) is 8.90. The van der Waals surface area contributed by atoms with Crippen LogP contribution in [0.4, 0.5) is 0 Å². The molecule has 3 aromatic carbocycles. The van der Waals surface area contributed by atoms with Gasteiger partial charge in [-0.1, -0.05) is 66.2 Å². The molecule has 0 aromatic heterocycles. The molecule has 0 heterocycles. The van der Waals surface area contributed by atoms with Crippen molar-refractivity contribution in [1.29, 1.82) is 0 Å². The van der Waals surface area contributed by atoms with Gasteiger partial charge in [-0.25, -0.2) is 16.8 Å². The van der Waals surface area contributed by atoms with Gasteiger partial charge in [0.1, 0.15) is 0 Å². The topological polar surface area (TPSA) is 85.3 Å². The molecule has 150 valence electrons. The predicted molar refractivity (Wildman–Crippen MR) is 111 cm³/mol. The minimum Gasteiger partial charge on any atom is -0.294 e. The number of Topliss-reactive ketones (excluding diaryl/α,β-unsaturated/α-hetero) is 1. The van der Waals surface area contributed by atoms with E-state index in [-0.39, 0.29) is 15.4 Å². The Hall–Kier alpha value is -2.77. The van der Waals surface area contributed by atoms with Crippen LogP contribution in [0.1, 0.15) is 22.3 Å². The lowest BCUT2D eigenvalue weighted by molar-refractivity contribution is 0.0985. The minimum atomic E-state index is -4.33. The molecule has 3 rings (SSSR count). The van der Waals surface area contributed by atoms with Crippen molar-refractivity contribution in [3.8, 4) is 0 Å². The Morgan fingerprint density at radius 2 is 1.10 bits per heavy atom. The van der Waals surface area contributed by atoms with Gasteiger partial charge < -0.3 is 0 Å². The summed E-state index contributed by atoms with van der Waals surface area (Å²) in [6.45, 7) is 1.86. The molecule has 0 saturated heterocycles. The van der Waals surface area contributed by atoms with Gasteiger partial charge in [-0.3, -0.25) is 4.79 Å². The van der Waals surface area contributed by atoms with E-state index in [1.807, 2.05) is 6.92 Å². The van der Waals surface area contributed by atoms with E-state index >= 15 is 0 Å². The average molecular weight is 429 g/mol. The summed E-state index contributed by atoms with van der Waals surface area (Å²) in [5, 5.41) is 0. The molecule has 5 nitrogen and oxygen atoms in total. The summed E-state index contributed by atoms with van der Waals surface area (Å²) >= 11 is 0. The molecule has 0 fully saturated rings. The first-order chi connectivity index (χ1) is 13.7. The van der Waals surface area contributed by atoms with Crippen molar-refractivity contribution in [1.82, 2.24) is 0 Å². The third-order valence-corrected chi connectivity index (χ3v) is 9.66. The summed E-state index contributed by atoms with van der Waals surface area (Å²) < 4.78 is 51.0. The molecule has 0 amide bonds. The van der Waals surface area contributed by atoms with Crippen molar-refractivity contribution in [2.24, 2.45) is 0 Å². The van der Waals surface area contributed by atoms with Gasteiger partial charge in [0.25, 0.3) is 0 Å². The highest BCUT2D eigenvalue weighted by Gasteiger charge is 2.41. The molecule has 3 aromatic rings. The summed E-state index contributed by atoms with van der Waals surface area (Å²) in [5.74, 6) is -0.547. The van der Waals surface area contributed by atoms with E-state index in [1.165, 1.54) is 48.5 Å². The Labute approximate surface area is 170 Å². The normalized spacial score (nSPS) is 12.1. The lowest BCUT2D eigenvalue weighted by Gasteiger charge is -2.18. The molecular weight excluding hydrogens is 408 g/mol.